The minimum Gasteiger partial charge on any atom is -0.264 e. The Labute approximate surface area is 130 Å². The van der Waals surface area contributed by atoms with Crippen molar-refractivity contribution in [2.75, 3.05) is 0 Å². The molecule has 0 N–H and O–H groups in total. The van der Waals surface area contributed by atoms with Crippen LogP contribution in [0.5, 0.6) is 0 Å². The molecule has 0 spiro atoms. The smallest absolute Gasteiger partial charge is 0.0758 e. The third-order valence-electron chi connectivity index (χ3n) is 2.95. The summed E-state index contributed by atoms with van der Waals surface area (Å²) in [7, 11) is 0. The summed E-state index contributed by atoms with van der Waals surface area (Å²) < 4.78 is 4.59. The van der Waals surface area contributed by atoms with Crippen molar-refractivity contribution in [2.24, 2.45) is 0 Å². The van der Waals surface area contributed by atoms with Gasteiger partial charge < -0.3 is 0 Å². The molecule has 0 bridgehead atoms. The molecule has 0 saturated heterocycles. The van der Waals surface area contributed by atoms with Crippen molar-refractivity contribution in [2.45, 2.75) is 33.2 Å². The summed E-state index contributed by atoms with van der Waals surface area (Å²) in [4.78, 5) is 0. The Balaban J connectivity index is 2.34. The van der Waals surface area contributed by atoms with Gasteiger partial charge in [0.1, 0.15) is 0 Å². The van der Waals surface area contributed by atoms with E-state index in [0.29, 0.717) is 0 Å². The van der Waals surface area contributed by atoms with Crippen molar-refractivity contribution in [1.82, 2.24) is 9.78 Å². The van der Waals surface area contributed by atoms with Crippen LogP contribution in [0.3, 0.4) is 0 Å². The minimum atomic E-state index is 0.846. The lowest BCUT2D eigenvalue weighted by molar-refractivity contribution is 0.640. The number of hydrogen-bond donors (Lipinski definition) is 0. The van der Waals surface area contributed by atoms with Gasteiger partial charge in [-0.1, -0.05) is 41.9 Å². The quantitative estimate of drug-likeness (QED) is 0.672. The van der Waals surface area contributed by atoms with Crippen LogP contribution in [0.15, 0.2) is 28.7 Å². The molecule has 4 heteroatoms. The monoisotopic (exact) mass is 418 g/mol. The first-order chi connectivity index (χ1) is 8.65. The topological polar surface area (TPSA) is 17.8 Å². The first kappa shape index (κ1) is 14.1. The SMILES string of the molecule is CCc1nn(Cc2cccc(Br)c2)c(CC)c1I. The van der Waals surface area contributed by atoms with Crippen molar-refractivity contribution >= 4 is 38.5 Å². The molecule has 2 rings (SSSR count). The zero-order valence-corrected chi connectivity index (χ0v) is 14.3. The second kappa shape index (κ2) is 6.19. The third-order valence-corrected chi connectivity index (χ3v) is 4.69. The van der Waals surface area contributed by atoms with E-state index in [2.05, 4.69) is 81.3 Å². The van der Waals surface area contributed by atoms with Crippen LogP contribution < -0.4 is 0 Å². The molecule has 2 aromatic rings. The number of nitrogens with zero attached hydrogens (tertiary/aromatic N) is 2. The molecule has 0 atom stereocenters. The van der Waals surface area contributed by atoms with Gasteiger partial charge in [-0.15, -0.1) is 0 Å². The van der Waals surface area contributed by atoms with Gasteiger partial charge in [0, 0.05) is 4.47 Å². The molecule has 0 amide bonds. The molecule has 2 nitrogen and oxygen atoms in total. The maximum atomic E-state index is 4.72. The Morgan fingerprint density at radius 3 is 2.67 bits per heavy atom. The van der Waals surface area contributed by atoms with Crippen LogP contribution >= 0.6 is 38.5 Å². The van der Waals surface area contributed by atoms with E-state index in [0.717, 1.165) is 23.9 Å². The number of halogens is 2. The van der Waals surface area contributed by atoms with Gasteiger partial charge in [0.15, 0.2) is 0 Å². The van der Waals surface area contributed by atoms with Crippen molar-refractivity contribution in [3.05, 3.63) is 49.3 Å². The summed E-state index contributed by atoms with van der Waals surface area (Å²) in [5, 5.41) is 4.72. The highest BCUT2D eigenvalue weighted by atomic mass is 127. The molecule has 1 heterocycles. The predicted octanol–water partition coefficient (Wildman–Crippen LogP) is 4.42. The van der Waals surface area contributed by atoms with Gasteiger partial charge in [-0.25, -0.2) is 0 Å². The van der Waals surface area contributed by atoms with Crippen LogP contribution in [0.4, 0.5) is 0 Å². The molecule has 0 fully saturated rings. The molecule has 0 aliphatic carbocycles. The van der Waals surface area contributed by atoms with E-state index in [1.807, 2.05) is 0 Å². The number of aromatic nitrogens is 2. The lowest BCUT2D eigenvalue weighted by atomic mass is 10.2. The van der Waals surface area contributed by atoms with Crippen LogP contribution in [-0.4, -0.2) is 9.78 Å². The third kappa shape index (κ3) is 2.96. The Morgan fingerprint density at radius 2 is 2.06 bits per heavy atom. The van der Waals surface area contributed by atoms with Gasteiger partial charge in [0.05, 0.1) is 21.5 Å². The van der Waals surface area contributed by atoms with E-state index < -0.39 is 0 Å². The Kier molecular flexibility index (Phi) is 4.84. The van der Waals surface area contributed by atoms with E-state index in [4.69, 9.17) is 5.10 Å². The Hall–Kier alpha value is -0.360. The fourth-order valence-corrected chi connectivity index (χ4v) is 3.63. The Bertz CT molecular complexity index is 549. The summed E-state index contributed by atoms with van der Waals surface area (Å²) >= 11 is 5.93. The maximum Gasteiger partial charge on any atom is 0.0758 e. The summed E-state index contributed by atoms with van der Waals surface area (Å²) in [6.07, 6.45) is 2.02. The molecule has 0 radical (unpaired) electrons. The molecule has 1 aromatic heterocycles. The summed E-state index contributed by atoms with van der Waals surface area (Å²) in [6, 6.07) is 8.42. The largest absolute Gasteiger partial charge is 0.264 e. The van der Waals surface area contributed by atoms with Crippen molar-refractivity contribution in [3.63, 3.8) is 0 Å². The molecule has 1 aromatic carbocycles. The van der Waals surface area contributed by atoms with Crippen LogP contribution in [0.2, 0.25) is 0 Å². The van der Waals surface area contributed by atoms with Crippen molar-refractivity contribution in [3.8, 4) is 0 Å². The molecular weight excluding hydrogens is 403 g/mol. The van der Waals surface area contributed by atoms with Crippen LogP contribution in [0.25, 0.3) is 0 Å². The number of benzene rings is 1. The molecule has 0 aliphatic rings. The molecule has 96 valence electrons. The average molecular weight is 419 g/mol. The molecule has 18 heavy (non-hydrogen) atoms. The van der Waals surface area contributed by atoms with Gasteiger partial charge >= 0.3 is 0 Å². The fraction of sp³-hybridized carbons (Fsp3) is 0.357. The van der Waals surface area contributed by atoms with Gasteiger partial charge in [0.2, 0.25) is 0 Å². The molecular formula is C14H16BrIN2. The standard InChI is InChI=1S/C14H16BrIN2/c1-3-12-14(16)13(4-2)18(17-12)9-10-6-5-7-11(15)8-10/h5-8H,3-4,9H2,1-2H3. The second-order valence-electron chi connectivity index (χ2n) is 4.20. The normalized spacial score (nSPS) is 10.9. The molecule has 0 unspecified atom stereocenters. The zero-order valence-electron chi connectivity index (χ0n) is 10.6. The van der Waals surface area contributed by atoms with Gasteiger partial charge in [0.25, 0.3) is 0 Å². The van der Waals surface area contributed by atoms with E-state index in [1.54, 1.807) is 0 Å². The molecule has 0 saturated carbocycles. The highest BCUT2D eigenvalue weighted by molar-refractivity contribution is 14.1. The van der Waals surface area contributed by atoms with Crippen molar-refractivity contribution in [1.29, 1.82) is 0 Å². The summed E-state index contributed by atoms with van der Waals surface area (Å²) in [5.41, 5.74) is 3.83. The Morgan fingerprint density at radius 1 is 1.28 bits per heavy atom. The van der Waals surface area contributed by atoms with Crippen LogP contribution in [0.1, 0.15) is 30.8 Å². The maximum absolute atomic E-state index is 4.72. The van der Waals surface area contributed by atoms with Crippen LogP contribution in [-0.2, 0) is 19.4 Å². The summed E-state index contributed by atoms with van der Waals surface area (Å²) in [6.45, 7) is 5.20. The van der Waals surface area contributed by atoms with Gasteiger partial charge in [-0.3, -0.25) is 4.68 Å². The summed E-state index contributed by atoms with van der Waals surface area (Å²) in [5.74, 6) is 0. The van der Waals surface area contributed by atoms with E-state index >= 15 is 0 Å². The minimum absolute atomic E-state index is 0.846. The first-order valence-corrected chi connectivity index (χ1v) is 8.01. The fourth-order valence-electron chi connectivity index (χ4n) is 2.03. The number of aryl methyl sites for hydroxylation is 1. The van der Waals surface area contributed by atoms with E-state index in [1.165, 1.54) is 20.5 Å². The van der Waals surface area contributed by atoms with Gasteiger partial charge in [-0.2, -0.15) is 5.10 Å². The van der Waals surface area contributed by atoms with Crippen molar-refractivity contribution < 1.29 is 0 Å². The first-order valence-electron chi connectivity index (χ1n) is 6.14. The highest BCUT2D eigenvalue weighted by Gasteiger charge is 2.13. The average Bonchev–Trinajstić information content (AvgIpc) is 2.65. The lowest BCUT2D eigenvalue weighted by Gasteiger charge is -2.06. The highest BCUT2D eigenvalue weighted by Crippen LogP contribution is 2.20. The van der Waals surface area contributed by atoms with E-state index in [9.17, 15) is 0 Å². The van der Waals surface area contributed by atoms with Gasteiger partial charge in [-0.05, 0) is 53.1 Å². The second-order valence-corrected chi connectivity index (χ2v) is 6.20. The van der Waals surface area contributed by atoms with E-state index in [-0.39, 0.29) is 0 Å². The predicted molar refractivity (Wildman–Crippen MR) is 86.9 cm³/mol. The lowest BCUT2D eigenvalue weighted by Crippen LogP contribution is -2.06. The molecule has 0 aliphatic heterocycles. The van der Waals surface area contributed by atoms with Crippen LogP contribution in [0, 0.1) is 3.57 Å². The number of hydrogen-bond acceptors (Lipinski definition) is 1. The number of rotatable bonds is 4. The zero-order chi connectivity index (χ0) is 13.1.